The molecule has 5 aliphatic rings. The van der Waals surface area contributed by atoms with E-state index >= 15 is 0 Å². The highest BCUT2D eigenvalue weighted by Crippen LogP contribution is 2.76. The molecule has 0 aromatic carbocycles. The van der Waals surface area contributed by atoms with Crippen molar-refractivity contribution in [3.63, 3.8) is 0 Å². The number of rotatable bonds is 4. The van der Waals surface area contributed by atoms with Gasteiger partial charge in [-0.1, -0.05) is 58.4 Å². The van der Waals surface area contributed by atoms with Gasteiger partial charge in [0.1, 0.15) is 0 Å². The van der Waals surface area contributed by atoms with Crippen LogP contribution in [0.1, 0.15) is 99.3 Å². The maximum absolute atomic E-state index is 5.93. The van der Waals surface area contributed by atoms with Gasteiger partial charge in [-0.3, -0.25) is 0 Å². The zero-order valence-corrected chi connectivity index (χ0v) is 23.7. The van der Waals surface area contributed by atoms with E-state index in [1.54, 1.807) is 0 Å². The highest BCUT2D eigenvalue weighted by molar-refractivity contribution is 5.36. The van der Waals surface area contributed by atoms with Crippen molar-refractivity contribution in [2.75, 3.05) is 20.8 Å². The van der Waals surface area contributed by atoms with Crippen molar-refractivity contribution in [2.24, 2.45) is 50.7 Å². The summed E-state index contributed by atoms with van der Waals surface area (Å²) < 4.78 is 5.93. The predicted octanol–water partition coefficient (Wildman–Crippen LogP) is 7.80. The van der Waals surface area contributed by atoms with Gasteiger partial charge in [0, 0.05) is 18.6 Å². The molecule has 34 heavy (non-hydrogen) atoms. The fourth-order valence-electron chi connectivity index (χ4n) is 11.5. The minimum Gasteiger partial charge on any atom is -0.384 e. The van der Waals surface area contributed by atoms with E-state index in [-0.39, 0.29) is 0 Å². The summed E-state index contributed by atoms with van der Waals surface area (Å²) >= 11 is 0. The molecule has 4 fully saturated rings. The van der Waals surface area contributed by atoms with Crippen LogP contribution in [0.5, 0.6) is 0 Å². The van der Waals surface area contributed by atoms with Gasteiger partial charge >= 0.3 is 0 Å². The molecule has 1 N–H and O–H groups in total. The number of hydrogen-bond acceptors (Lipinski definition) is 2. The first-order valence-electron chi connectivity index (χ1n) is 14.4. The molecule has 0 heterocycles. The number of nitrogens with one attached hydrogen (secondary N) is 1. The average Bonchev–Trinajstić information content (AvgIpc) is 3.14. The molecular formula is C32H53NO. The Labute approximate surface area is 210 Å². The van der Waals surface area contributed by atoms with Gasteiger partial charge in [-0.2, -0.15) is 0 Å². The molecule has 0 amide bonds. The first-order chi connectivity index (χ1) is 15.9. The van der Waals surface area contributed by atoms with Gasteiger partial charge in [-0.25, -0.2) is 0 Å². The van der Waals surface area contributed by atoms with Crippen LogP contribution in [0.15, 0.2) is 23.8 Å². The van der Waals surface area contributed by atoms with E-state index in [1.165, 1.54) is 63.4 Å². The van der Waals surface area contributed by atoms with Crippen LogP contribution < -0.4 is 5.32 Å². The monoisotopic (exact) mass is 467 g/mol. The van der Waals surface area contributed by atoms with E-state index in [4.69, 9.17) is 4.74 Å². The summed E-state index contributed by atoms with van der Waals surface area (Å²) in [4.78, 5) is 0. The van der Waals surface area contributed by atoms with E-state index in [2.05, 4.69) is 66.6 Å². The van der Waals surface area contributed by atoms with Gasteiger partial charge in [0.05, 0.1) is 6.61 Å². The summed E-state index contributed by atoms with van der Waals surface area (Å²) in [5.41, 5.74) is 5.08. The second kappa shape index (κ2) is 7.95. The van der Waals surface area contributed by atoms with Crippen LogP contribution in [-0.4, -0.2) is 26.8 Å². The van der Waals surface area contributed by atoms with Crippen molar-refractivity contribution in [1.29, 1.82) is 0 Å². The molecule has 2 nitrogen and oxygen atoms in total. The molecule has 0 aliphatic heterocycles. The van der Waals surface area contributed by atoms with Crippen molar-refractivity contribution < 1.29 is 4.74 Å². The lowest BCUT2D eigenvalue weighted by Gasteiger charge is -2.71. The quantitative estimate of drug-likeness (QED) is 0.426. The number of methoxy groups -OCH3 is 1. The van der Waals surface area contributed by atoms with E-state index in [0.29, 0.717) is 45.0 Å². The summed E-state index contributed by atoms with van der Waals surface area (Å²) in [6.45, 7) is 21.0. The number of ether oxygens (including phenoxy) is 1. The second-order valence-corrected chi connectivity index (χ2v) is 14.8. The zero-order valence-electron chi connectivity index (χ0n) is 23.7. The van der Waals surface area contributed by atoms with Crippen molar-refractivity contribution in [1.82, 2.24) is 5.32 Å². The summed E-state index contributed by atoms with van der Waals surface area (Å²) in [6, 6.07) is 0.652. The molecule has 3 unspecified atom stereocenters. The van der Waals surface area contributed by atoms with Gasteiger partial charge in [0.2, 0.25) is 0 Å². The molecule has 5 aliphatic carbocycles. The molecule has 192 valence electrons. The standard InChI is InChI=1S/C32H53NO/c1-21(2)22-12-17-32(20-34-9)19-18-30(6)23(27(22)32)10-11-25-29(5)15-14-26(33-8)28(3,4)24(29)13-16-31(25,30)7/h10,22,24-27,33H,1,11-20H2,2-9H3/t22-,24?,25?,26-,27?,29-,30+,31+,32+/m0/s1. The van der Waals surface area contributed by atoms with Crippen LogP contribution in [0.2, 0.25) is 0 Å². The lowest BCUT2D eigenvalue weighted by molar-refractivity contribution is -0.183. The molecular weight excluding hydrogens is 414 g/mol. The highest BCUT2D eigenvalue weighted by atomic mass is 16.5. The number of fused-ring (bicyclic) bond motifs is 7. The third-order valence-electron chi connectivity index (χ3n) is 13.4. The zero-order chi connectivity index (χ0) is 24.7. The van der Waals surface area contributed by atoms with Crippen molar-refractivity contribution >= 4 is 0 Å². The normalized spacial score (nSPS) is 51.5. The highest BCUT2D eigenvalue weighted by Gasteiger charge is 2.68. The maximum atomic E-state index is 5.93. The van der Waals surface area contributed by atoms with E-state index in [0.717, 1.165) is 18.4 Å². The van der Waals surface area contributed by atoms with E-state index in [1.807, 2.05) is 12.7 Å². The smallest absolute Gasteiger partial charge is 0.0524 e. The van der Waals surface area contributed by atoms with Gasteiger partial charge in [-0.15, -0.1) is 0 Å². The Bertz CT molecular complexity index is 872. The largest absolute Gasteiger partial charge is 0.384 e. The molecule has 2 heteroatoms. The molecule has 0 saturated heterocycles. The Kier molecular flexibility index (Phi) is 5.86. The van der Waals surface area contributed by atoms with Gasteiger partial charge in [0.15, 0.2) is 0 Å². The lowest BCUT2D eigenvalue weighted by Crippen LogP contribution is -2.65. The Hall–Kier alpha value is -0.600. The Balaban J connectivity index is 1.58. The summed E-state index contributed by atoms with van der Waals surface area (Å²) in [5.74, 6) is 2.89. The number of hydrogen-bond donors (Lipinski definition) is 1. The fourth-order valence-corrected chi connectivity index (χ4v) is 11.5. The Morgan fingerprint density at radius 1 is 1.00 bits per heavy atom. The fraction of sp³-hybridized carbons (Fsp3) is 0.875. The van der Waals surface area contributed by atoms with Crippen molar-refractivity contribution in [3.8, 4) is 0 Å². The Morgan fingerprint density at radius 2 is 1.74 bits per heavy atom. The molecule has 0 aromatic rings. The summed E-state index contributed by atoms with van der Waals surface area (Å²) in [7, 11) is 4.11. The van der Waals surface area contributed by atoms with E-state index < -0.39 is 0 Å². The molecule has 9 atom stereocenters. The van der Waals surface area contributed by atoms with Crippen molar-refractivity contribution in [3.05, 3.63) is 23.8 Å². The number of allylic oxidation sites excluding steroid dienone is 3. The van der Waals surface area contributed by atoms with Gasteiger partial charge in [-0.05, 0) is 117 Å². The van der Waals surface area contributed by atoms with Crippen LogP contribution in [0.25, 0.3) is 0 Å². The third-order valence-corrected chi connectivity index (χ3v) is 13.4. The maximum Gasteiger partial charge on any atom is 0.0524 e. The topological polar surface area (TPSA) is 21.3 Å². The minimum absolute atomic E-state index is 0.313. The molecule has 4 saturated carbocycles. The second-order valence-electron chi connectivity index (χ2n) is 14.8. The Morgan fingerprint density at radius 3 is 2.38 bits per heavy atom. The van der Waals surface area contributed by atoms with Crippen LogP contribution >= 0.6 is 0 Å². The van der Waals surface area contributed by atoms with Crippen LogP contribution in [-0.2, 0) is 4.74 Å². The average molecular weight is 468 g/mol. The summed E-state index contributed by atoms with van der Waals surface area (Å²) in [6.07, 6.45) is 14.9. The van der Waals surface area contributed by atoms with Crippen molar-refractivity contribution in [2.45, 2.75) is 105 Å². The molecule has 0 bridgehead atoms. The first kappa shape index (κ1) is 25.1. The summed E-state index contributed by atoms with van der Waals surface area (Å²) in [5, 5.41) is 3.70. The van der Waals surface area contributed by atoms with Crippen LogP contribution in [0.4, 0.5) is 0 Å². The van der Waals surface area contributed by atoms with Crippen LogP contribution in [0, 0.1) is 50.7 Å². The van der Waals surface area contributed by atoms with Gasteiger partial charge < -0.3 is 10.1 Å². The third kappa shape index (κ3) is 3.00. The lowest BCUT2D eigenvalue weighted by atomic mass is 9.34. The SMILES string of the molecule is C=C(C)[C@@H]1CC[C@]2(COC)CC[C@]3(C)C(=CCC4[C@@]5(C)CC[C@H](NC)C(C)(C)C5CC[C@]43C)C12. The molecule has 5 rings (SSSR count). The van der Waals surface area contributed by atoms with Gasteiger partial charge in [0.25, 0.3) is 0 Å². The van der Waals surface area contributed by atoms with E-state index in [9.17, 15) is 0 Å². The van der Waals surface area contributed by atoms with Crippen LogP contribution in [0.3, 0.4) is 0 Å². The predicted molar refractivity (Wildman–Crippen MR) is 144 cm³/mol. The first-order valence-corrected chi connectivity index (χ1v) is 14.4. The molecule has 0 spiro atoms. The molecule has 0 radical (unpaired) electrons. The minimum atomic E-state index is 0.313. The molecule has 0 aromatic heterocycles.